The van der Waals surface area contributed by atoms with Crippen molar-refractivity contribution in [2.75, 3.05) is 0 Å². The van der Waals surface area contributed by atoms with Gasteiger partial charge in [0, 0.05) is 0 Å². The van der Waals surface area contributed by atoms with Crippen LogP contribution in [-0.4, -0.2) is 34.7 Å². The summed E-state index contributed by atoms with van der Waals surface area (Å²) >= 11 is 0. The van der Waals surface area contributed by atoms with Crippen molar-refractivity contribution in [1.29, 1.82) is 0 Å². The van der Waals surface area contributed by atoms with Gasteiger partial charge in [-0.2, -0.15) is 0 Å². The van der Waals surface area contributed by atoms with Crippen LogP contribution in [0.5, 0.6) is 0 Å². The van der Waals surface area contributed by atoms with Gasteiger partial charge in [0.15, 0.2) is 12.2 Å². The van der Waals surface area contributed by atoms with Crippen molar-refractivity contribution in [3.63, 3.8) is 0 Å². The molecule has 2 atom stereocenters. The van der Waals surface area contributed by atoms with Gasteiger partial charge in [-0.1, -0.05) is 13.2 Å². The molecule has 0 aliphatic heterocycles. The molecule has 0 radical (unpaired) electrons. The van der Waals surface area contributed by atoms with Crippen LogP contribution < -0.4 is 0 Å². The highest BCUT2D eigenvalue weighted by atomic mass is 16.7. The van der Waals surface area contributed by atoms with E-state index in [-0.39, 0.29) is 0 Å². The Hall–Kier alpha value is -1.98. The van der Waals surface area contributed by atoms with E-state index in [1.807, 2.05) is 0 Å². The smallest absolute Gasteiger partial charge is 0.450 e. The van der Waals surface area contributed by atoms with Crippen molar-refractivity contribution in [3.05, 3.63) is 25.3 Å². The van der Waals surface area contributed by atoms with Crippen molar-refractivity contribution in [2.24, 2.45) is 0 Å². The Labute approximate surface area is 80.1 Å². The van der Waals surface area contributed by atoms with E-state index in [0.717, 1.165) is 12.2 Å². The largest absolute Gasteiger partial charge is 0.506 e. The SMILES string of the molecule is C=CC(OC(=O)O)C(C=C)OC(=O)O. The number of rotatable bonds is 5. The molecule has 0 bridgehead atoms. The third-order valence-corrected chi connectivity index (χ3v) is 1.26. The van der Waals surface area contributed by atoms with Crippen molar-refractivity contribution in [3.8, 4) is 0 Å². The fraction of sp³-hybridized carbons (Fsp3) is 0.250. The highest BCUT2D eigenvalue weighted by molar-refractivity contribution is 5.59. The fourth-order valence-corrected chi connectivity index (χ4v) is 0.731. The number of carboxylic acid groups (broad SMARTS) is 2. The van der Waals surface area contributed by atoms with Gasteiger partial charge < -0.3 is 19.7 Å². The molecule has 2 unspecified atom stereocenters. The first-order valence-corrected chi connectivity index (χ1v) is 3.55. The quantitative estimate of drug-likeness (QED) is 0.518. The molecule has 6 nitrogen and oxygen atoms in total. The summed E-state index contributed by atoms with van der Waals surface area (Å²) in [5.41, 5.74) is 0. The van der Waals surface area contributed by atoms with Crippen LogP contribution in [0.2, 0.25) is 0 Å². The average molecular weight is 202 g/mol. The maximum Gasteiger partial charge on any atom is 0.506 e. The normalized spacial score (nSPS) is 13.4. The third kappa shape index (κ3) is 4.15. The average Bonchev–Trinajstić information content (AvgIpc) is 2.10. The minimum atomic E-state index is -1.55. The molecule has 0 aromatic carbocycles. The summed E-state index contributed by atoms with van der Waals surface area (Å²) in [7, 11) is 0. The van der Waals surface area contributed by atoms with E-state index < -0.39 is 24.5 Å². The Kier molecular flexibility index (Phi) is 4.83. The minimum Gasteiger partial charge on any atom is -0.450 e. The molecular weight excluding hydrogens is 192 g/mol. The third-order valence-electron chi connectivity index (χ3n) is 1.26. The van der Waals surface area contributed by atoms with Crippen LogP contribution in [0.15, 0.2) is 25.3 Å². The molecule has 0 heterocycles. The van der Waals surface area contributed by atoms with Crippen LogP contribution in [0.25, 0.3) is 0 Å². The first-order valence-electron chi connectivity index (χ1n) is 3.55. The molecular formula is C8H10O6. The van der Waals surface area contributed by atoms with Gasteiger partial charge in [-0.3, -0.25) is 0 Å². The predicted molar refractivity (Wildman–Crippen MR) is 46.2 cm³/mol. The Bertz CT molecular complexity index is 220. The Morgan fingerprint density at radius 2 is 1.29 bits per heavy atom. The predicted octanol–water partition coefficient (Wildman–Crippen LogP) is 1.48. The molecule has 14 heavy (non-hydrogen) atoms. The molecule has 0 aromatic rings. The standard InChI is InChI=1S/C8H10O6/c1-3-5(13-7(9)10)6(4-2)14-8(11)12/h3-6H,1-2H2,(H,9,10)(H,11,12). The number of ether oxygens (including phenoxy) is 2. The first-order chi connectivity index (χ1) is 6.51. The second-order valence-corrected chi connectivity index (χ2v) is 2.17. The van der Waals surface area contributed by atoms with Crippen LogP contribution in [-0.2, 0) is 9.47 Å². The highest BCUT2D eigenvalue weighted by Gasteiger charge is 2.23. The Balaban J connectivity index is 4.43. The van der Waals surface area contributed by atoms with E-state index in [1.165, 1.54) is 0 Å². The molecule has 0 spiro atoms. The molecule has 0 aliphatic rings. The monoisotopic (exact) mass is 202 g/mol. The van der Waals surface area contributed by atoms with E-state index in [4.69, 9.17) is 10.2 Å². The van der Waals surface area contributed by atoms with E-state index in [0.29, 0.717) is 0 Å². The lowest BCUT2D eigenvalue weighted by Gasteiger charge is -2.18. The minimum absolute atomic E-state index is 1.10. The molecule has 0 aliphatic carbocycles. The number of hydrogen-bond acceptors (Lipinski definition) is 4. The van der Waals surface area contributed by atoms with Crippen LogP contribution in [0, 0.1) is 0 Å². The molecule has 6 heteroatoms. The summed E-state index contributed by atoms with van der Waals surface area (Å²) in [5.74, 6) is 0. The summed E-state index contributed by atoms with van der Waals surface area (Å²) < 4.78 is 8.58. The molecule has 0 amide bonds. The maximum absolute atomic E-state index is 10.2. The van der Waals surface area contributed by atoms with Crippen LogP contribution in [0.1, 0.15) is 0 Å². The zero-order chi connectivity index (χ0) is 11.1. The van der Waals surface area contributed by atoms with E-state index >= 15 is 0 Å². The lowest BCUT2D eigenvalue weighted by atomic mass is 10.2. The Morgan fingerprint density at radius 1 is 1.00 bits per heavy atom. The van der Waals surface area contributed by atoms with Gasteiger partial charge in [0.25, 0.3) is 0 Å². The number of carbonyl (C=O) groups is 2. The van der Waals surface area contributed by atoms with Crippen molar-refractivity contribution in [2.45, 2.75) is 12.2 Å². The lowest BCUT2D eigenvalue weighted by Crippen LogP contribution is -2.31. The molecule has 0 fully saturated rings. The molecule has 2 N–H and O–H groups in total. The van der Waals surface area contributed by atoms with Crippen LogP contribution in [0.3, 0.4) is 0 Å². The van der Waals surface area contributed by atoms with E-state index in [1.54, 1.807) is 0 Å². The van der Waals surface area contributed by atoms with E-state index in [9.17, 15) is 9.59 Å². The van der Waals surface area contributed by atoms with Gasteiger partial charge in [0.05, 0.1) is 0 Å². The van der Waals surface area contributed by atoms with Gasteiger partial charge >= 0.3 is 12.3 Å². The van der Waals surface area contributed by atoms with Gasteiger partial charge in [-0.25, -0.2) is 9.59 Å². The van der Waals surface area contributed by atoms with Crippen LogP contribution in [0.4, 0.5) is 9.59 Å². The Morgan fingerprint density at radius 3 is 1.43 bits per heavy atom. The molecule has 0 aromatic heterocycles. The maximum atomic E-state index is 10.2. The summed E-state index contributed by atoms with van der Waals surface area (Å²) in [6.45, 7) is 6.56. The summed E-state index contributed by atoms with van der Waals surface area (Å²) in [4.78, 5) is 20.3. The van der Waals surface area contributed by atoms with Gasteiger partial charge in [0.1, 0.15) is 0 Å². The summed E-state index contributed by atoms with van der Waals surface area (Å²) in [6, 6.07) is 0. The van der Waals surface area contributed by atoms with Crippen molar-refractivity contribution >= 4 is 12.3 Å². The highest BCUT2D eigenvalue weighted by Crippen LogP contribution is 2.07. The number of hydrogen-bond donors (Lipinski definition) is 2. The summed E-state index contributed by atoms with van der Waals surface area (Å²) in [5, 5.41) is 16.6. The van der Waals surface area contributed by atoms with Crippen molar-refractivity contribution in [1.82, 2.24) is 0 Å². The zero-order valence-corrected chi connectivity index (χ0v) is 7.25. The first kappa shape index (κ1) is 12.0. The van der Waals surface area contributed by atoms with Crippen molar-refractivity contribution < 1.29 is 29.3 Å². The van der Waals surface area contributed by atoms with E-state index in [2.05, 4.69) is 22.6 Å². The fourth-order valence-electron chi connectivity index (χ4n) is 0.731. The van der Waals surface area contributed by atoms with Gasteiger partial charge in [-0.05, 0) is 12.2 Å². The van der Waals surface area contributed by atoms with Gasteiger partial charge in [0.2, 0.25) is 0 Å². The zero-order valence-electron chi connectivity index (χ0n) is 7.25. The molecule has 0 rings (SSSR count). The van der Waals surface area contributed by atoms with Crippen LogP contribution >= 0.6 is 0 Å². The second-order valence-electron chi connectivity index (χ2n) is 2.17. The van der Waals surface area contributed by atoms with Gasteiger partial charge in [-0.15, -0.1) is 0 Å². The summed E-state index contributed by atoms with van der Waals surface area (Å²) in [6.07, 6.45) is -3.05. The second kappa shape index (κ2) is 5.63. The molecule has 0 saturated heterocycles. The molecule has 0 saturated carbocycles. The molecule has 78 valence electrons. The topological polar surface area (TPSA) is 93.1 Å². The lowest BCUT2D eigenvalue weighted by molar-refractivity contribution is -0.00389.